The molecule has 6 heteroatoms. The maximum atomic E-state index is 12.2. The summed E-state index contributed by atoms with van der Waals surface area (Å²) < 4.78 is 5.13. The number of aromatic amines is 1. The Balaban J connectivity index is 1.58. The van der Waals surface area contributed by atoms with Crippen molar-refractivity contribution in [2.45, 2.75) is 20.4 Å². The zero-order chi connectivity index (χ0) is 17.1. The van der Waals surface area contributed by atoms with Crippen LogP contribution in [0.15, 0.2) is 41.0 Å². The molecule has 6 nitrogen and oxygen atoms in total. The quantitative estimate of drug-likeness (QED) is 0.673. The van der Waals surface area contributed by atoms with Gasteiger partial charge in [0.15, 0.2) is 0 Å². The van der Waals surface area contributed by atoms with Gasteiger partial charge in [-0.25, -0.2) is 0 Å². The van der Waals surface area contributed by atoms with Crippen LogP contribution in [0, 0.1) is 13.8 Å². The molecule has 3 N–H and O–H groups in total. The molecule has 2 amide bonds. The number of benzene rings is 1. The van der Waals surface area contributed by atoms with Crippen LogP contribution in [0.5, 0.6) is 0 Å². The molecule has 124 valence electrons. The first-order valence-electron chi connectivity index (χ1n) is 7.71. The van der Waals surface area contributed by atoms with Crippen molar-refractivity contribution in [2.75, 3.05) is 6.54 Å². The van der Waals surface area contributed by atoms with E-state index < -0.39 is 0 Å². The van der Waals surface area contributed by atoms with Crippen LogP contribution in [-0.2, 0) is 11.3 Å². The van der Waals surface area contributed by atoms with Gasteiger partial charge in [0.05, 0.1) is 19.4 Å². The first-order valence-corrected chi connectivity index (χ1v) is 7.71. The predicted octanol–water partition coefficient (Wildman–Crippen LogP) is 2.42. The van der Waals surface area contributed by atoms with E-state index in [1.54, 1.807) is 24.5 Å². The van der Waals surface area contributed by atoms with Crippen LogP contribution in [0.3, 0.4) is 0 Å². The Morgan fingerprint density at radius 2 is 2.00 bits per heavy atom. The van der Waals surface area contributed by atoms with Crippen molar-refractivity contribution in [2.24, 2.45) is 0 Å². The highest BCUT2D eigenvalue weighted by Crippen LogP contribution is 2.22. The Morgan fingerprint density at radius 3 is 2.75 bits per heavy atom. The maximum absolute atomic E-state index is 12.2. The van der Waals surface area contributed by atoms with Crippen LogP contribution < -0.4 is 10.6 Å². The molecule has 0 spiro atoms. The molecule has 2 heterocycles. The van der Waals surface area contributed by atoms with Gasteiger partial charge in [-0.15, -0.1) is 0 Å². The van der Waals surface area contributed by atoms with Gasteiger partial charge in [-0.2, -0.15) is 0 Å². The molecule has 24 heavy (non-hydrogen) atoms. The third-order valence-electron chi connectivity index (χ3n) is 4.02. The van der Waals surface area contributed by atoms with E-state index >= 15 is 0 Å². The van der Waals surface area contributed by atoms with Crippen LogP contribution in [-0.4, -0.2) is 23.3 Å². The van der Waals surface area contributed by atoms with E-state index in [0.717, 1.165) is 22.2 Å². The second kappa shape index (κ2) is 6.62. The monoisotopic (exact) mass is 325 g/mol. The number of H-pyrrole nitrogens is 1. The van der Waals surface area contributed by atoms with Crippen LogP contribution in [0.2, 0.25) is 0 Å². The van der Waals surface area contributed by atoms with Crippen molar-refractivity contribution in [1.29, 1.82) is 0 Å². The number of aromatic nitrogens is 1. The summed E-state index contributed by atoms with van der Waals surface area (Å²) in [5, 5.41) is 6.33. The Hall–Kier alpha value is -3.02. The number of aryl methyl sites for hydroxylation is 2. The normalized spacial score (nSPS) is 10.8. The Labute approximate surface area is 139 Å². The molecule has 0 saturated carbocycles. The average molecular weight is 325 g/mol. The lowest BCUT2D eigenvalue weighted by Crippen LogP contribution is -2.36. The highest BCUT2D eigenvalue weighted by molar-refractivity contribution is 6.00. The molecule has 0 fully saturated rings. The van der Waals surface area contributed by atoms with E-state index in [2.05, 4.69) is 15.6 Å². The van der Waals surface area contributed by atoms with Crippen LogP contribution in [0.4, 0.5) is 0 Å². The molecule has 0 bridgehead atoms. The minimum absolute atomic E-state index is 0.0806. The smallest absolute Gasteiger partial charge is 0.251 e. The van der Waals surface area contributed by atoms with E-state index in [9.17, 15) is 9.59 Å². The summed E-state index contributed by atoms with van der Waals surface area (Å²) in [6.45, 7) is 4.23. The average Bonchev–Trinajstić information content (AvgIpc) is 3.19. The second-order valence-electron chi connectivity index (χ2n) is 5.67. The molecule has 0 saturated heterocycles. The zero-order valence-electron chi connectivity index (χ0n) is 13.6. The molecule has 2 aromatic heterocycles. The lowest BCUT2D eigenvalue weighted by atomic mass is 10.1. The van der Waals surface area contributed by atoms with Crippen molar-refractivity contribution in [3.8, 4) is 0 Å². The first-order chi connectivity index (χ1) is 11.5. The second-order valence-corrected chi connectivity index (χ2v) is 5.67. The Bertz CT molecular complexity index is 878. The van der Waals surface area contributed by atoms with E-state index in [0.29, 0.717) is 17.9 Å². The molecule has 0 unspecified atom stereocenters. The van der Waals surface area contributed by atoms with Gasteiger partial charge in [0.25, 0.3) is 5.91 Å². The summed E-state index contributed by atoms with van der Waals surface area (Å²) in [5.41, 5.74) is 3.73. The number of rotatable bonds is 5. The Kier molecular flexibility index (Phi) is 4.37. The van der Waals surface area contributed by atoms with Crippen molar-refractivity contribution >= 4 is 22.7 Å². The number of hydrogen-bond acceptors (Lipinski definition) is 3. The van der Waals surface area contributed by atoms with Gasteiger partial charge >= 0.3 is 0 Å². The number of amides is 2. The zero-order valence-corrected chi connectivity index (χ0v) is 13.6. The number of fused-ring (bicyclic) bond motifs is 1. The fourth-order valence-electron chi connectivity index (χ4n) is 2.53. The summed E-state index contributed by atoms with van der Waals surface area (Å²) in [7, 11) is 0. The number of carbonyl (C=O) groups excluding carboxylic acids is 2. The standard InChI is InChI=1S/C18H19N3O3/c1-11-12(2)21-16-6-5-13(8-15(11)16)18(23)20-10-17(22)19-9-14-4-3-7-24-14/h3-8,21H,9-10H2,1-2H3,(H,19,22)(H,20,23). The third-order valence-corrected chi connectivity index (χ3v) is 4.02. The number of furan rings is 1. The summed E-state index contributed by atoms with van der Waals surface area (Å²) >= 11 is 0. The summed E-state index contributed by atoms with van der Waals surface area (Å²) in [6.07, 6.45) is 1.55. The topological polar surface area (TPSA) is 87.1 Å². The van der Waals surface area contributed by atoms with Crippen molar-refractivity contribution in [3.63, 3.8) is 0 Å². The van der Waals surface area contributed by atoms with Crippen molar-refractivity contribution in [1.82, 2.24) is 15.6 Å². The fraction of sp³-hybridized carbons (Fsp3) is 0.222. The Morgan fingerprint density at radius 1 is 1.17 bits per heavy atom. The molecule has 3 rings (SSSR count). The third kappa shape index (κ3) is 3.32. The summed E-state index contributed by atoms with van der Waals surface area (Å²) in [6, 6.07) is 8.98. The molecule has 0 aliphatic rings. The predicted molar refractivity (Wildman–Crippen MR) is 90.7 cm³/mol. The van der Waals surface area contributed by atoms with Gasteiger partial charge in [0.1, 0.15) is 5.76 Å². The lowest BCUT2D eigenvalue weighted by Gasteiger charge is -2.06. The number of hydrogen-bond donors (Lipinski definition) is 3. The van der Waals surface area contributed by atoms with Gasteiger partial charge in [-0.1, -0.05) is 0 Å². The highest BCUT2D eigenvalue weighted by Gasteiger charge is 2.11. The molecule has 0 atom stereocenters. The van der Waals surface area contributed by atoms with Crippen LogP contribution >= 0.6 is 0 Å². The first kappa shape index (κ1) is 15.9. The molecule has 0 radical (unpaired) electrons. The molecular weight excluding hydrogens is 306 g/mol. The highest BCUT2D eigenvalue weighted by atomic mass is 16.3. The van der Waals surface area contributed by atoms with E-state index in [1.165, 1.54) is 0 Å². The molecule has 3 aromatic rings. The summed E-state index contributed by atoms with van der Waals surface area (Å²) in [4.78, 5) is 27.3. The molecule has 0 aliphatic heterocycles. The lowest BCUT2D eigenvalue weighted by molar-refractivity contribution is -0.120. The molecular formula is C18H19N3O3. The minimum atomic E-state index is -0.275. The fourth-order valence-corrected chi connectivity index (χ4v) is 2.53. The van der Waals surface area contributed by atoms with E-state index in [-0.39, 0.29) is 18.4 Å². The van der Waals surface area contributed by atoms with E-state index in [4.69, 9.17) is 4.42 Å². The number of carbonyl (C=O) groups is 2. The van der Waals surface area contributed by atoms with E-state index in [1.807, 2.05) is 26.0 Å². The van der Waals surface area contributed by atoms with Crippen LogP contribution in [0.25, 0.3) is 10.9 Å². The number of nitrogens with one attached hydrogen (secondary N) is 3. The van der Waals surface area contributed by atoms with Crippen molar-refractivity contribution < 1.29 is 14.0 Å². The maximum Gasteiger partial charge on any atom is 0.251 e. The van der Waals surface area contributed by atoms with Gasteiger partial charge in [0, 0.05) is 22.2 Å². The molecule has 1 aromatic carbocycles. The van der Waals surface area contributed by atoms with Gasteiger partial charge in [0.2, 0.25) is 5.91 Å². The van der Waals surface area contributed by atoms with Gasteiger partial charge in [-0.3, -0.25) is 9.59 Å². The van der Waals surface area contributed by atoms with Gasteiger partial charge in [-0.05, 0) is 49.7 Å². The largest absolute Gasteiger partial charge is 0.467 e. The SMILES string of the molecule is Cc1[nH]c2ccc(C(=O)NCC(=O)NCc3ccco3)cc2c1C. The van der Waals surface area contributed by atoms with Gasteiger partial charge < -0.3 is 20.0 Å². The van der Waals surface area contributed by atoms with Crippen molar-refractivity contribution in [3.05, 3.63) is 59.2 Å². The molecule has 0 aliphatic carbocycles. The van der Waals surface area contributed by atoms with Crippen LogP contribution in [0.1, 0.15) is 27.4 Å². The minimum Gasteiger partial charge on any atom is -0.467 e. The summed E-state index contributed by atoms with van der Waals surface area (Å²) in [5.74, 6) is 0.122.